The zero-order valence-electron chi connectivity index (χ0n) is 12.3. The second kappa shape index (κ2) is 6.39. The Morgan fingerprint density at radius 1 is 1.13 bits per heavy atom. The number of fused-ring (bicyclic) bond motifs is 1. The van der Waals surface area contributed by atoms with Crippen molar-refractivity contribution in [3.63, 3.8) is 0 Å². The Bertz CT molecular complexity index is 876. The van der Waals surface area contributed by atoms with Crippen LogP contribution in [0.3, 0.4) is 0 Å². The Morgan fingerprint density at radius 2 is 1.87 bits per heavy atom. The van der Waals surface area contributed by atoms with Crippen molar-refractivity contribution in [3.8, 4) is 5.75 Å². The number of aromatic carboxylic acids is 1. The van der Waals surface area contributed by atoms with Crippen LogP contribution in [-0.4, -0.2) is 22.2 Å². The van der Waals surface area contributed by atoms with Crippen LogP contribution in [0.1, 0.15) is 16.8 Å². The number of carbonyl (C=O) groups is 1. The number of rotatable bonds is 6. The molecule has 0 atom stereocenters. The van der Waals surface area contributed by atoms with E-state index >= 15 is 0 Å². The Hall–Kier alpha value is -3.02. The number of aryl methyl sites for hydroxylation is 1. The van der Waals surface area contributed by atoms with Crippen LogP contribution in [0.15, 0.2) is 57.7 Å². The van der Waals surface area contributed by atoms with Gasteiger partial charge in [0.25, 0.3) is 0 Å². The van der Waals surface area contributed by atoms with Crippen LogP contribution in [0.4, 0.5) is 0 Å². The molecule has 23 heavy (non-hydrogen) atoms. The van der Waals surface area contributed by atoms with Crippen molar-refractivity contribution in [2.24, 2.45) is 0 Å². The van der Waals surface area contributed by atoms with Gasteiger partial charge in [0.2, 0.25) is 0 Å². The van der Waals surface area contributed by atoms with Gasteiger partial charge in [-0.25, -0.2) is 9.59 Å². The zero-order chi connectivity index (χ0) is 16.2. The van der Waals surface area contributed by atoms with Crippen molar-refractivity contribution >= 4 is 17.1 Å². The summed E-state index contributed by atoms with van der Waals surface area (Å²) >= 11 is 0. The molecule has 1 heterocycles. The molecule has 0 unspecified atom stereocenters. The fourth-order valence-corrected chi connectivity index (χ4v) is 2.33. The number of carboxylic acid groups (broad SMARTS) is 1. The smallest absolute Gasteiger partial charge is 0.419 e. The summed E-state index contributed by atoms with van der Waals surface area (Å²) in [6.45, 7) is 0.904. The topological polar surface area (TPSA) is 81.7 Å². The molecule has 0 aliphatic heterocycles. The van der Waals surface area contributed by atoms with Crippen LogP contribution in [-0.2, 0) is 6.54 Å². The highest BCUT2D eigenvalue weighted by atomic mass is 16.5. The lowest BCUT2D eigenvalue weighted by atomic mass is 10.2. The maximum atomic E-state index is 11.8. The normalized spacial score (nSPS) is 10.8. The molecule has 1 aromatic heterocycles. The van der Waals surface area contributed by atoms with Crippen molar-refractivity contribution in [2.75, 3.05) is 6.61 Å². The van der Waals surface area contributed by atoms with E-state index in [-0.39, 0.29) is 11.3 Å². The van der Waals surface area contributed by atoms with Gasteiger partial charge in [0.15, 0.2) is 5.58 Å². The first-order chi connectivity index (χ1) is 11.1. The molecule has 0 fully saturated rings. The van der Waals surface area contributed by atoms with Crippen LogP contribution in [0.25, 0.3) is 11.1 Å². The number of ether oxygens (including phenoxy) is 1. The molecule has 0 amide bonds. The molecule has 1 N–H and O–H groups in total. The molecule has 3 aromatic rings. The molecule has 0 saturated carbocycles. The molecule has 2 aromatic carbocycles. The van der Waals surface area contributed by atoms with E-state index in [1.54, 1.807) is 22.8 Å². The number of para-hydroxylation sites is 2. The minimum absolute atomic E-state index is 0.216. The Kier molecular flexibility index (Phi) is 4.14. The number of oxazole rings is 1. The van der Waals surface area contributed by atoms with Crippen LogP contribution < -0.4 is 10.5 Å². The van der Waals surface area contributed by atoms with Gasteiger partial charge < -0.3 is 14.3 Å². The van der Waals surface area contributed by atoms with Crippen LogP contribution in [0.5, 0.6) is 5.75 Å². The van der Waals surface area contributed by atoms with E-state index in [9.17, 15) is 9.59 Å². The predicted octanol–water partition coefficient (Wildman–Crippen LogP) is 2.76. The third-order valence-electron chi connectivity index (χ3n) is 3.47. The summed E-state index contributed by atoms with van der Waals surface area (Å²) in [6, 6.07) is 13.5. The van der Waals surface area contributed by atoms with Crippen LogP contribution in [0, 0.1) is 0 Å². The molecule has 118 valence electrons. The maximum Gasteiger partial charge on any atom is 0.419 e. The number of hydrogen-bond acceptors (Lipinski definition) is 4. The molecule has 0 aliphatic carbocycles. The molecule has 0 aliphatic rings. The second-order valence-corrected chi connectivity index (χ2v) is 5.02. The first-order valence-corrected chi connectivity index (χ1v) is 7.20. The molecular formula is C17H15NO5. The second-order valence-electron chi connectivity index (χ2n) is 5.02. The van der Waals surface area contributed by atoms with Crippen molar-refractivity contribution in [3.05, 3.63) is 64.6 Å². The van der Waals surface area contributed by atoms with Crippen molar-refractivity contribution in [1.29, 1.82) is 0 Å². The minimum Gasteiger partial charge on any atom is -0.494 e. The van der Waals surface area contributed by atoms with Gasteiger partial charge >= 0.3 is 11.7 Å². The summed E-state index contributed by atoms with van der Waals surface area (Å²) in [7, 11) is 0. The van der Waals surface area contributed by atoms with Gasteiger partial charge in [0.1, 0.15) is 5.75 Å². The van der Waals surface area contributed by atoms with E-state index in [4.69, 9.17) is 14.3 Å². The van der Waals surface area contributed by atoms with Gasteiger partial charge in [-0.15, -0.1) is 0 Å². The van der Waals surface area contributed by atoms with Crippen LogP contribution in [0.2, 0.25) is 0 Å². The standard InChI is InChI=1S/C17H15NO5/c19-16(20)12-6-8-13(9-7-12)22-11-3-10-18-14-4-1-2-5-15(14)23-17(18)21/h1-2,4-9H,3,10-11H2,(H,19,20). The summed E-state index contributed by atoms with van der Waals surface area (Å²) in [5, 5.41) is 8.83. The van der Waals surface area contributed by atoms with Gasteiger partial charge in [-0.1, -0.05) is 12.1 Å². The van der Waals surface area contributed by atoms with Crippen molar-refractivity contribution in [2.45, 2.75) is 13.0 Å². The minimum atomic E-state index is -0.970. The van der Waals surface area contributed by atoms with Crippen molar-refractivity contribution in [1.82, 2.24) is 4.57 Å². The van der Waals surface area contributed by atoms with E-state index in [0.717, 1.165) is 5.52 Å². The molecule has 0 radical (unpaired) electrons. The Morgan fingerprint density at radius 3 is 2.61 bits per heavy atom. The lowest BCUT2D eigenvalue weighted by molar-refractivity contribution is 0.0697. The molecule has 3 rings (SSSR count). The number of aromatic nitrogens is 1. The lowest BCUT2D eigenvalue weighted by Gasteiger charge is -2.06. The van der Waals surface area contributed by atoms with E-state index < -0.39 is 5.97 Å². The molecule has 6 nitrogen and oxygen atoms in total. The number of carboxylic acids is 1. The zero-order valence-corrected chi connectivity index (χ0v) is 12.3. The highest BCUT2D eigenvalue weighted by Gasteiger charge is 2.08. The summed E-state index contributed by atoms with van der Waals surface area (Å²) in [4.78, 5) is 22.6. The number of benzene rings is 2. The van der Waals surface area contributed by atoms with E-state index in [2.05, 4.69) is 0 Å². The third kappa shape index (κ3) is 3.26. The van der Waals surface area contributed by atoms with E-state index in [0.29, 0.717) is 30.9 Å². The first kappa shape index (κ1) is 14.9. The van der Waals surface area contributed by atoms with Crippen molar-refractivity contribution < 1.29 is 19.1 Å². The van der Waals surface area contributed by atoms with Gasteiger partial charge in [-0.3, -0.25) is 4.57 Å². The van der Waals surface area contributed by atoms with E-state index in [1.165, 1.54) is 12.1 Å². The molecule has 6 heteroatoms. The largest absolute Gasteiger partial charge is 0.494 e. The number of nitrogens with zero attached hydrogens (tertiary/aromatic N) is 1. The quantitative estimate of drug-likeness (QED) is 0.708. The highest BCUT2D eigenvalue weighted by Crippen LogP contribution is 2.14. The highest BCUT2D eigenvalue weighted by molar-refractivity contribution is 5.87. The summed E-state index contributed by atoms with van der Waals surface area (Å²) < 4.78 is 12.3. The fraction of sp³-hybridized carbons (Fsp3) is 0.176. The number of hydrogen-bond donors (Lipinski definition) is 1. The molecule has 0 spiro atoms. The molecular weight excluding hydrogens is 298 g/mol. The van der Waals surface area contributed by atoms with Crippen LogP contribution >= 0.6 is 0 Å². The van der Waals surface area contributed by atoms with Gasteiger partial charge in [0, 0.05) is 6.54 Å². The summed E-state index contributed by atoms with van der Waals surface area (Å²) in [6.07, 6.45) is 0.629. The summed E-state index contributed by atoms with van der Waals surface area (Å²) in [5.74, 6) is -0.751. The average Bonchev–Trinajstić information content (AvgIpc) is 2.87. The predicted molar refractivity (Wildman–Crippen MR) is 84.0 cm³/mol. The van der Waals surface area contributed by atoms with Gasteiger partial charge in [-0.2, -0.15) is 0 Å². The Labute approximate surface area is 131 Å². The van der Waals surface area contributed by atoms with E-state index in [1.807, 2.05) is 18.2 Å². The van der Waals surface area contributed by atoms with Gasteiger partial charge in [-0.05, 0) is 42.8 Å². The maximum absolute atomic E-state index is 11.8. The first-order valence-electron chi connectivity index (χ1n) is 7.20. The lowest BCUT2D eigenvalue weighted by Crippen LogP contribution is -2.15. The monoisotopic (exact) mass is 313 g/mol. The summed E-state index contributed by atoms with van der Waals surface area (Å²) in [5.41, 5.74) is 1.56. The average molecular weight is 313 g/mol. The SMILES string of the molecule is O=C(O)c1ccc(OCCCn2c(=O)oc3ccccc32)cc1. The molecule has 0 saturated heterocycles. The fourth-order valence-electron chi connectivity index (χ4n) is 2.33. The molecule has 0 bridgehead atoms. The Balaban J connectivity index is 1.58. The third-order valence-corrected chi connectivity index (χ3v) is 3.47. The van der Waals surface area contributed by atoms with Gasteiger partial charge in [0.05, 0.1) is 17.7 Å².